The SMILES string of the molecule is COc1ccc2c3c([nH]c2c1)[C@@H](CO)N(C(=O)Nc1ccc(F)cc1)CC31CN(Cc2cc(F)ccc2F)C1. The lowest BCUT2D eigenvalue weighted by Crippen LogP contribution is -2.67. The summed E-state index contributed by atoms with van der Waals surface area (Å²) < 4.78 is 46.9. The molecule has 0 saturated carbocycles. The summed E-state index contributed by atoms with van der Waals surface area (Å²) >= 11 is 0. The lowest BCUT2D eigenvalue weighted by atomic mass is 9.68. The molecule has 7 nitrogen and oxygen atoms in total. The number of anilines is 1. The molecule has 1 spiro atoms. The Hall–Kier alpha value is -4.02. The number of nitrogens with zero attached hydrogens (tertiary/aromatic N) is 2. The van der Waals surface area contributed by atoms with Crippen LogP contribution in [0.15, 0.2) is 60.7 Å². The van der Waals surface area contributed by atoms with Crippen LogP contribution >= 0.6 is 0 Å². The van der Waals surface area contributed by atoms with E-state index in [2.05, 4.69) is 10.3 Å². The van der Waals surface area contributed by atoms with Crippen LogP contribution in [0.5, 0.6) is 5.75 Å². The van der Waals surface area contributed by atoms with Crippen LogP contribution in [0.3, 0.4) is 0 Å². The van der Waals surface area contributed by atoms with Crippen LogP contribution in [0.25, 0.3) is 10.9 Å². The monoisotopic (exact) mass is 536 g/mol. The topological polar surface area (TPSA) is 80.8 Å². The maximum atomic E-state index is 14.4. The lowest BCUT2D eigenvalue weighted by molar-refractivity contribution is 0.00800. The zero-order valence-corrected chi connectivity index (χ0v) is 21.2. The number of carbonyl (C=O) groups is 1. The molecule has 3 heterocycles. The summed E-state index contributed by atoms with van der Waals surface area (Å²) in [5.41, 5.74) is 2.71. The van der Waals surface area contributed by atoms with Crippen molar-refractivity contribution < 1.29 is 27.8 Å². The molecule has 2 aliphatic heterocycles. The maximum Gasteiger partial charge on any atom is 0.322 e. The molecule has 1 aromatic heterocycles. The van der Waals surface area contributed by atoms with Gasteiger partial charge in [-0.1, -0.05) is 0 Å². The minimum absolute atomic E-state index is 0.224. The summed E-state index contributed by atoms with van der Waals surface area (Å²) in [6, 6.07) is 13.5. The largest absolute Gasteiger partial charge is 0.497 e. The summed E-state index contributed by atoms with van der Waals surface area (Å²) in [5, 5.41) is 14.2. The minimum Gasteiger partial charge on any atom is -0.497 e. The summed E-state index contributed by atoms with van der Waals surface area (Å²) in [7, 11) is 1.58. The number of nitrogens with one attached hydrogen (secondary N) is 2. The third-order valence-corrected chi connectivity index (χ3v) is 7.73. The summed E-state index contributed by atoms with van der Waals surface area (Å²) in [6.45, 7) is 1.18. The van der Waals surface area contributed by atoms with Crippen LogP contribution in [0.4, 0.5) is 23.7 Å². The van der Waals surface area contributed by atoms with Crippen molar-refractivity contribution >= 4 is 22.6 Å². The number of amides is 2. The molecule has 2 aliphatic rings. The van der Waals surface area contributed by atoms with Crippen molar-refractivity contribution in [1.82, 2.24) is 14.8 Å². The zero-order valence-electron chi connectivity index (χ0n) is 21.2. The second-order valence-corrected chi connectivity index (χ2v) is 10.2. The molecule has 2 amide bonds. The van der Waals surface area contributed by atoms with Crippen molar-refractivity contribution in [2.24, 2.45) is 0 Å². The predicted octanol–water partition coefficient (Wildman–Crippen LogP) is 4.93. The number of fused-ring (bicyclic) bond motifs is 4. The molecule has 202 valence electrons. The molecule has 1 atom stereocenters. The Bertz CT molecular complexity index is 1550. The first kappa shape index (κ1) is 25.3. The first-order chi connectivity index (χ1) is 18.8. The second-order valence-electron chi connectivity index (χ2n) is 10.2. The number of H-pyrrole nitrogens is 1. The van der Waals surface area contributed by atoms with Gasteiger partial charge in [-0.3, -0.25) is 4.90 Å². The van der Waals surface area contributed by atoms with Crippen molar-refractivity contribution in [2.45, 2.75) is 18.0 Å². The molecule has 3 aromatic carbocycles. The Morgan fingerprint density at radius 1 is 1.05 bits per heavy atom. The van der Waals surface area contributed by atoms with Gasteiger partial charge in [-0.2, -0.15) is 0 Å². The van der Waals surface area contributed by atoms with Gasteiger partial charge < -0.3 is 25.0 Å². The fourth-order valence-electron chi connectivity index (χ4n) is 6.03. The van der Waals surface area contributed by atoms with Crippen LogP contribution in [-0.2, 0) is 12.0 Å². The van der Waals surface area contributed by atoms with Crippen molar-refractivity contribution in [1.29, 1.82) is 0 Å². The number of carbonyl (C=O) groups excluding carboxylic acids is 1. The molecule has 6 rings (SSSR count). The Labute approximate surface area is 222 Å². The standard InChI is InChI=1S/C29H27F3N4O3/c1-39-21-7-8-22-24(11-21)34-27-25(13-37)36(28(38)33-20-5-2-18(30)3-6-20)16-29(26(22)27)14-35(15-29)12-17-10-19(31)4-9-23(17)32/h2-11,25,34,37H,12-16H2,1H3,(H,33,38)/t25-/m1/s1. The number of aromatic amines is 1. The predicted molar refractivity (Wildman–Crippen MR) is 140 cm³/mol. The molecule has 3 N–H and O–H groups in total. The van der Waals surface area contributed by atoms with Crippen LogP contribution in [-0.4, -0.2) is 59.3 Å². The van der Waals surface area contributed by atoms with Crippen LogP contribution < -0.4 is 10.1 Å². The van der Waals surface area contributed by atoms with Gasteiger partial charge in [0.25, 0.3) is 0 Å². The highest BCUT2D eigenvalue weighted by Crippen LogP contribution is 2.49. The van der Waals surface area contributed by atoms with E-state index in [4.69, 9.17) is 4.74 Å². The van der Waals surface area contributed by atoms with Crippen LogP contribution in [0.2, 0.25) is 0 Å². The lowest BCUT2D eigenvalue weighted by Gasteiger charge is -2.56. The van der Waals surface area contributed by atoms with E-state index in [1.54, 1.807) is 12.0 Å². The van der Waals surface area contributed by atoms with Gasteiger partial charge in [0.2, 0.25) is 0 Å². The molecule has 39 heavy (non-hydrogen) atoms. The average Bonchev–Trinajstić information content (AvgIpc) is 3.30. The van der Waals surface area contributed by atoms with E-state index in [-0.39, 0.29) is 18.7 Å². The van der Waals surface area contributed by atoms with Gasteiger partial charge in [0.1, 0.15) is 23.2 Å². The molecular formula is C29H27F3N4O3. The Balaban J connectivity index is 1.37. The average molecular weight is 537 g/mol. The van der Waals surface area contributed by atoms with E-state index in [0.717, 1.165) is 34.3 Å². The van der Waals surface area contributed by atoms with Gasteiger partial charge in [-0.15, -0.1) is 0 Å². The quantitative estimate of drug-likeness (QED) is 0.338. The molecule has 0 bridgehead atoms. The van der Waals surface area contributed by atoms with E-state index in [0.29, 0.717) is 31.1 Å². The number of likely N-dealkylation sites (tertiary alicyclic amines) is 1. The van der Waals surface area contributed by atoms with Crippen molar-refractivity contribution in [3.63, 3.8) is 0 Å². The molecule has 10 heteroatoms. The van der Waals surface area contributed by atoms with E-state index >= 15 is 0 Å². The van der Waals surface area contributed by atoms with Crippen LogP contribution in [0.1, 0.15) is 22.9 Å². The Morgan fingerprint density at radius 3 is 2.51 bits per heavy atom. The molecule has 1 fully saturated rings. The maximum absolute atomic E-state index is 14.4. The number of aliphatic hydroxyl groups excluding tert-OH is 1. The smallest absolute Gasteiger partial charge is 0.322 e. The highest BCUT2D eigenvalue weighted by Gasteiger charge is 2.53. The molecular weight excluding hydrogens is 509 g/mol. The number of hydrogen-bond acceptors (Lipinski definition) is 4. The van der Waals surface area contributed by atoms with Crippen molar-refractivity contribution in [3.05, 3.63) is 94.9 Å². The number of urea groups is 1. The molecule has 4 aromatic rings. The van der Waals surface area contributed by atoms with Crippen molar-refractivity contribution in [2.75, 3.05) is 38.7 Å². The summed E-state index contributed by atoms with van der Waals surface area (Å²) in [5.74, 6) is -0.720. The molecule has 0 aliphatic carbocycles. The van der Waals surface area contributed by atoms with Crippen LogP contribution in [0, 0.1) is 17.5 Å². The number of halogens is 3. The number of methoxy groups -OCH3 is 1. The number of aromatic nitrogens is 1. The van der Waals surface area contributed by atoms with Gasteiger partial charge in [-0.05, 0) is 60.2 Å². The molecule has 1 saturated heterocycles. The number of rotatable bonds is 5. The van der Waals surface area contributed by atoms with Gasteiger partial charge in [0.05, 0.1) is 19.8 Å². The zero-order chi connectivity index (χ0) is 27.3. The Morgan fingerprint density at radius 2 is 1.79 bits per heavy atom. The molecule has 0 unspecified atom stereocenters. The highest BCUT2D eigenvalue weighted by atomic mass is 19.1. The van der Waals surface area contributed by atoms with Gasteiger partial charge >= 0.3 is 6.03 Å². The third-order valence-electron chi connectivity index (χ3n) is 7.73. The van der Waals surface area contributed by atoms with Gasteiger partial charge in [0.15, 0.2) is 0 Å². The number of ether oxygens (including phenoxy) is 1. The normalized spacial score (nSPS) is 18.2. The highest BCUT2D eigenvalue weighted by molar-refractivity contribution is 5.92. The molecule has 0 radical (unpaired) electrons. The van der Waals surface area contributed by atoms with E-state index in [9.17, 15) is 23.1 Å². The third kappa shape index (κ3) is 4.39. The first-order valence-corrected chi connectivity index (χ1v) is 12.6. The van der Waals surface area contributed by atoms with Crippen molar-refractivity contribution in [3.8, 4) is 5.75 Å². The van der Waals surface area contributed by atoms with E-state index in [1.807, 2.05) is 23.1 Å². The van der Waals surface area contributed by atoms with Gasteiger partial charge in [-0.25, -0.2) is 18.0 Å². The Kier molecular flexibility index (Phi) is 6.23. The van der Waals surface area contributed by atoms with E-state index < -0.39 is 34.9 Å². The number of benzene rings is 3. The fourth-order valence-corrected chi connectivity index (χ4v) is 6.03. The second kappa shape index (κ2) is 9.62. The van der Waals surface area contributed by atoms with Gasteiger partial charge in [0, 0.05) is 65.5 Å². The summed E-state index contributed by atoms with van der Waals surface area (Å²) in [6.07, 6.45) is 0. The first-order valence-electron chi connectivity index (χ1n) is 12.6. The van der Waals surface area contributed by atoms with E-state index in [1.165, 1.54) is 30.3 Å². The number of hydrogen-bond donors (Lipinski definition) is 3. The number of aliphatic hydroxyl groups is 1. The fraction of sp³-hybridized carbons (Fsp3) is 0.276. The summed E-state index contributed by atoms with van der Waals surface area (Å²) in [4.78, 5) is 20.5. The minimum atomic E-state index is -0.654.